The molecule has 0 aromatic carbocycles. The van der Waals surface area contributed by atoms with Crippen LogP contribution in [0.15, 0.2) is 4.99 Å². The Labute approximate surface area is 179 Å². The molecule has 2 aliphatic rings. The van der Waals surface area contributed by atoms with Gasteiger partial charge in [0.05, 0.1) is 13.4 Å². The normalized spacial score (nSPS) is 20.7. The standard InChI is InChI=1S/C16H31N5O4S.HI/c1-17-15(19-14-6-8-20(9-7-14)16(22)25-2)18-12-13-4-10-21(11-5-13)26(3,23)24;/h13-14H,4-12H2,1-3H3,(H2,17,18,19);1H. The summed E-state index contributed by atoms with van der Waals surface area (Å²) in [4.78, 5) is 17.5. The highest BCUT2D eigenvalue weighted by atomic mass is 127. The van der Waals surface area contributed by atoms with E-state index in [1.54, 1.807) is 16.3 Å². The molecule has 27 heavy (non-hydrogen) atoms. The fourth-order valence-electron chi connectivity index (χ4n) is 3.41. The first-order valence-corrected chi connectivity index (χ1v) is 10.9. The van der Waals surface area contributed by atoms with Crippen LogP contribution >= 0.6 is 24.0 Å². The molecule has 0 atom stereocenters. The lowest BCUT2D eigenvalue weighted by Gasteiger charge is -2.33. The monoisotopic (exact) mass is 517 g/mol. The van der Waals surface area contributed by atoms with Crippen LogP contribution in [0, 0.1) is 5.92 Å². The van der Waals surface area contributed by atoms with Gasteiger partial charge in [0.2, 0.25) is 10.0 Å². The average Bonchev–Trinajstić information content (AvgIpc) is 2.64. The van der Waals surface area contributed by atoms with E-state index < -0.39 is 10.0 Å². The number of likely N-dealkylation sites (tertiary alicyclic amines) is 1. The van der Waals surface area contributed by atoms with Crippen LogP contribution in [0.3, 0.4) is 0 Å². The van der Waals surface area contributed by atoms with Crippen molar-refractivity contribution >= 4 is 46.1 Å². The van der Waals surface area contributed by atoms with Crippen LogP contribution in [0.5, 0.6) is 0 Å². The molecule has 2 aliphatic heterocycles. The molecule has 158 valence electrons. The fourth-order valence-corrected chi connectivity index (χ4v) is 4.28. The van der Waals surface area contributed by atoms with Crippen molar-refractivity contribution in [2.45, 2.75) is 31.7 Å². The number of carbonyl (C=O) groups is 1. The van der Waals surface area contributed by atoms with Gasteiger partial charge < -0.3 is 20.3 Å². The number of nitrogens with one attached hydrogen (secondary N) is 2. The van der Waals surface area contributed by atoms with Gasteiger partial charge in [-0.2, -0.15) is 0 Å². The van der Waals surface area contributed by atoms with Gasteiger partial charge in [0.1, 0.15) is 0 Å². The lowest BCUT2D eigenvalue weighted by atomic mass is 9.98. The average molecular weight is 517 g/mol. The predicted octanol–water partition coefficient (Wildman–Crippen LogP) is 0.672. The minimum absolute atomic E-state index is 0. The number of halogens is 1. The second-order valence-corrected chi connectivity index (χ2v) is 8.92. The van der Waals surface area contributed by atoms with Crippen molar-refractivity contribution < 1.29 is 17.9 Å². The number of carbonyl (C=O) groups excluding carboxylic acids is 1. The molecule has 0 unspecified atom stereocenters. The van der Waals surface area contributed by atoms with Crippen LogP contribution < -0.4 is 10.6 Å². The van der Waals surface area contributed by atoms with E-state index in [1.807, 2.05) is 0 Å². The molecule has 0 saturated carbocycles. The zero-order valence-electron chi connectivity index (χ0n) is 16.3. The van der Waals surface area contributed by atoms with E-state index in [0.29, 0.717) is 32.1 Å². The maximum atomic E-state index is 11.6. The molecular formula is C16H32IN5O4S. The van der Waals surface area contributed by atoms with Gasteiger partial charge in [-0.05, 0) is 31.6 Å². The largest absolute Gasteiger partial charge is 0.453 e. The number of guanidine groups is 1. The number of ether oxygens (including phenoxy) is 1. The maximum Gasteiger partial charge on any atom is 0.409 e. The van der Waals surface area contributed by atoms with Gasteiger partial charge in [0.15, 0.2) is 5.96 Å². The third-order valence-corrected chi connectivity index (χ3v) is 6.40. The molecule has 0 aromatic heterocycles. The number of aliphatic imine (C=N–C) groups is 1. The Kier molecular flexibility index (Phi) is 10.1. The zero-order chi connectivity index (χ0) is 19.2. The second kappa shape index (κ2) is 11.2. The zero-order valence-corrected chi connectivity index (χ0v) is 19.5. The minimum Gasteiger partial charge on any atom is -0.453 e. The molecule has 0 aromatic rings. The Morgan fingerprint density at radius 1 is 1.15 bits per heavy atom. The van der Waals surface area contributed by atoms with Crippen molar-refractivity contribution in [2.24, 2.45) is 10.9 Å². The highest BCUT2D eigenvalue weighted by Crippen LogP contribution is 2.18. The summed E-state index contributed by atoms with van der Waals surface area (Å²) in [6.07, 6.45) is 4.41. The SMILES string of the molecule is CN=C(NCC1CCN(S(C)(=O)=O)CC1)NC1CCN(C(=O)OC)CC1.I. The molecule has 0 aliphatic carbocycles. The van der Waals surface area contributed by atoms with Crippen molar-refractivity contribution in [3.63, 3.8) is 0 Å². The van der Waals surface area contributed by atoms with Crippen LogP contribution in [-0.4, -0.2) is 88.9 Å². The summed E-state index contributed by atoms with van der Waals surface area (Å²) in [6.45, 7) is 3.29. The molecule has 2 saturated heterocycles. The highest BCUT2D eigenvalue weighted by molar-refractivity contribution is 14.0. The van der Waals surface area contributed by atoms with Crippen molar-refractivity contribution in [1.82, 2.24) is 19.8 Å². The molecule has 0 spiro atoms. The summed E-state index contributed by atoms with van der Waals surface area (Å²) in [7, 11) is 0.0658. The van der Waals surface area contributed by atoms with Gasteiger partial charge in [-0.25, -0.2) is 17.5 Å². The minimum atomic E-state index is -3.08. The van der Waals surface area contributed by atoms with E-state index in [9.17, 15) is 13.2 Å². The van der Waals surface area contributed by atoms with Gasteiger partial charge in [0, 0.05) is 45.8 Å². The Morgan fingerprint density at radius 3 is 2.22 bits per heavy atom. The smallest absolute Gasteiger partial charge is 0.409 e. The molecule has 0 radical (unpaired) electrons. The maximum absolute atomic E-state index is 11.6. The van der Waals surface area contributed by atoms with Gasteiger partial charge in [0.25, 0.3) is 0 Å². The van der Waals surface area contributed by atoms with Crippen molar-refractivity contribution in [3.05, 3.63) is 0 Å². The number of piperidine rings is 2. The topological polar surface area (TPSA) is 103 Å². The first kappa shape index (κ1) is 24.2. The first-order chi connectivity index (χ1) is 12.3. The van der Waals surface area contributed by atoms with Crippen LogP contribution in [0.4, 0.5) is 4.79 Å². The number of hydrogen-bond donors (Lipinski definition) is 2. The highest BCUT2D eigenvalue weighted by Gasteiger charge is 2.26. The number of hydrogen-bond acceptors (Lipinski definition) is 5. The molecule has 2 fully saturated rings. The third-order valence-electron chi connectivity index (χ3n) is 5.09. The number of amides is 1. The quantitative estimate of drug-likeness (QED) is 0.323. The van der Waals surface area contributed by atoms with Crippen molar-refractivity contribution in [1.29, 1.82) is 0 Å². The Morgan fingerprint density at radius 2 is 1.74 bits per heavy atom. The van der Waals surface area contributed by atoms with E-state index in [0.717, 1.165) is 38.2 Å². The fraction of sp³-hybridized carbons (Fsp3) is 0.875. The van der Waals surface area contributed by atoms with E-state index in [2.05, 4.69) is 15.6 Å². The van der Waals surface area contributed by atoms with Gasteiger partial charge in [-0.1, -0.05) is 0 Å². The van der Waals surface area contributed by atoms with Gasteiger partial charge in [-0.3, -0.25) is 4.99 Å². The van der Waals surface area contributed by atoms with Crippen molar-refractivity contribution in [3.8, 4) is 0 Å². The second-order valence-electron chi connectivity index (χ2n) is 6.93. The lowest BCUT2D eigenvalue weighted by Crippen LogP contribution is -2.50. The molecule has 2 N–H and O–H groups in total. The Balaban J connectivity index is 0.00000364. The molecular weight excluding hydrogens is 485 g/mol. The molecule has 11 heteroatoms. The molecule has 0 bridgehead atoms. The van der Waals surface area contributed by atoms with E-state index in [1.165, 1.54) is 13.4 Å². The Bertz CT molecular complexity index is 600. The van der Waals surface area contributed by atoms with Crippen LogP contribution in [0.25, 0.3) is 0 Å². The summed E-state index contributed by atoms with van der Waals surface area (Å²) < 4.78 is 29.4. The van der Waals surface area contributed by atoms with E-state index >= 15 is 0 Å². The number of methoxy groups -OCH3 is 1. The first-order valence-electron chi connectivity index (χ1n) is 9.08. The third kappa shape index (κ3) is 7.60. The van der Waals surface area contributed by atoms with Gasteiger partial charge in [-0.15, -0.1) is 24.0 Å². The molecule has 2 heterocycles. The number of sulfonamides is 1. The van der Waals surface area contributed by atoms with E-state index in [-0.39, 0.29) is 36.1 Å². The summed E-state index contributed by atoms with van der Waals surface area (Å²) in [5.41, 5.74) is 0. The van der Waals surface area contributed by atoms with E-state index in [4.69, 9.17) is 4.74 Å². The summed E-state index contributed by atoms with van der Waals surface area (Å²) in [6, 6.07) is 0.272. The van der Waals surface area contributed by atoms with Crippen LogP contribution in [0.1, 0.15) is 25.7 Å². The van der Waals surface area contributed by atoms with Crippen LogP contribution in [-0.2, 0) is 14.8 Å². The summed E-state index contributed by atoms with van der Waals surface area (Å²) >= 11 is 0. The summed E-state index contributed by atoms with van der Waals surface area (Å²) in [5, 5.41) is 6.76. The molecule has 2 rings (SSSR count). The van der Waals surface area contributed by atoms with Crippen LogP contribution in [0.2, 0.25) is 0 Å². The Hall–Kier alpha value is -0.820. The summed E-state index contributed by atoms with van der Waals surface area (Å²) in [5.74, 6) is 1.19. The molecule has 1 amide bonds. The van der Waals surface area contributed by atoms with Gasteiger partial charge >= 0.3 is 6.09 Å². The lowest BCUT2D eigenvalue weighted by molar-refractivity contribution is 0.111. The number of nitrogens with zero attached hydrogens (tertiary/aromatic N) is 3. The van der Waals surface area contributed by atoms with Crippen molar-refractivity contribution in [2.75, 3.05) is 53.1 Å². The number of rotatable bonds is 4. The predicted molar refractivity (Wildman–Crippen MR) is 116 cm³/mol. The molecule has 9 nitrogen and oxygen atoms in total.